The van der Waals surface area contributed by atoms with Crippen molar-refractivity contribution in [3.05, 3.63) is 57.3 Å². The Hall–Kier alpha value is -1.58. The molecule has 0 aliphatic carbocycles. The van der Waals surface area contributed by atoms with Crippen molar-refractivity contribution in [1.29, 1.82) is 0 Å². The van der Waals surface area contributed by atoms with Gasteiger partial charge in [-0.25, -0.2) is 0 Å². The lowest BCUT2D eigenvalue weighted by Gasteiger charge is -2.10. The van der Waals surface area contributed by atoms with Gasteiger partial charge in [0.25, 0.3) is 0 Å². The van der Waals surface area contributed by atoms with Gasteiger partial charge in [-0.3, -0.25) is 4.57 Å². The maximum absolute atomic E-state index is 6.12. The lowest BCUT2D eigenvalue weighted by Crippen LogP contribution is -1.98. The van der Waals surface area contributed by atoms with E-state index in [0.717, 1.165) is 22.3 Å². The Morgan fingerprint density at radius 2 is 1.89 bits per heavy atom. The summed E-state index contributed by atoms with van der Waals surface area (Å²) in [5.74, 6) is 0. The van der Waals surface area contributed by atoms with Crippen LogP contribution in [-0.2, 0) is 0 Å². The van der Waals surface area contributed by atoms with Gasteiger partial charge in [0.15, 0.2) is 4.77 Å². The van der Waals surface area contributed by atoms with Gasteiger partial charge in [-0.05, 0) is 55.4 Å². The molecule has 1 heterocycles. The van der Waals surface area contributed by atoms with Crippen molar-refractivity contribution in [3.8, 4) is 5.69 Å². The second kappa shape index (κ2) is 4.51. The monoisotopic (exact) mass is 288 g/mol. The highest BCUT2D eigenvalue weighted by molar-refractivity contribution is 7.71. The SMILES string of the molecule is Cc1ccc(Cl)cc1-n1c(=S)[nH]c2cccc(C)c21. The van der Waals surface area contributed by atoms with Crippen molar-refractivity contribution >= 4 is 34.9 Å². The molecular formula is C15H13ClN2S. The fourth-order valence-corrected chi connectivity index (χ4v) is 2.85. The Labute approximate surface area is 121 Å². The first-order valence-electron chi connectivity index (χ1n) is 6.05. The molecule has 0 aliphatic heterocycles. The Kier molecular flexibility index (Phi) is 2.96. The quantitative estimate of drug-likeness (QED) is 0.628. The summed E-state index contributed by atoms with van der Waals surface area (Å²) in [5.41, 5.74) is 5.51. The topological polar surface area (TPSA) is 20.7 Å². The average Bonchev–Trinajstić information content (AvgIpc) is 2.70. The third-order valence-corrected chi connectivity index (χ3v) is 3.84. The number of rotatable bonds is 1. The molecule has 19 heavy (non-hydrogen) atoms. The summed E-state index contributed by atoms with van der Waals surface area (Å²) in [6.45, 7) is 4.14. The number of hydrogen-bond acceptors (Lipinski definition) is 1. The van der Waals surface area contributed by atoms with Crippen molar-refractivity contribution in [3.63, 3.8) is 0 Å². The normalized spacial score (nSPS) is 11.1. The van der Waals surface area contributed by atoms with Gasteiger partial charge in [0.1, 0.15) is 0 Å². The van der Waals surface area contributed by atoms with Gasteiger partial charge in [-0.2, -0.15) is 0 Å². The highest BCUT2D eigenvalue weighted by Gasteiger charge is 2.10. The van der Waals surface area contributed by atoms with E-state index in [2.05, 4.69) is 29.5 Å². The molecule has 2 nitrogen and oxygen atoms in total. The molecule has 0 unspecified atom stereocenters. The first kappa shape index (κ1) is 12.5. The number of hydrogen-bond donors (Lipinski definition) is 1. The van der Waals surface area contributed by atoms with E-state index in [1.807, 2.05) is 30.3 Å². The molecule has 1 aromatic heterocycles. The standard InChI is InChI=1S/C15H13ClN2S/c1-9-6-7-11(16)8-13(9)18-14-10(2)4-3-5-12(14)17-15(18)19/h3-8H,1-2H3,(H,17,19). The van der Waals surface area contributed by atoms with Gasteiger partial charge < -0.3 is 4.98 Å². The van der Waals surface area contributed by atoms with E-state index in [4.69, 9.17) is 23.8 Å². The maximum Gasteiger partial charge on any atom is 0.182 e. The Morgan fingerprint density at radius 3 is 2.68 bits per heavy atom. The van der Waals surface area contributed by atoms with Crippen molar-refractivity contribution in [1.82, 2.24) is 9.55 Å². The molecule has 0 aliphatic rings. The molecule has 1 N–H and O–H groups in total. The van der Waals surface area contributed by atoms with Crippen LogP contribution >= 0.6 is 23.8 Å². The van der Waals surface area contributed by atoms with E-state index < -0.39 is 0 Å². The molecule has 0 bridgehead atoms. The molecule has 4 heteroatoms. The van der Waals surface area contributed by atoms with Crippen molar-refractivity contribution in [2.45, 2.75) is 13.8 Å². The van der Waals surface area contributed by atoms with Gasteiger partial charge in [0.05, 0.1) is 16.7 Å². The molecule has 0 saturated carbocycles. The van der Waals surface area contributed by atoms with E-state index in [0.29, 0.717) is 9.79 Å². The zero-order valence-electron chi connectivity index (χ0n) is 10.7. The summed E-state index contributed by atoms with van der Waals surface area (Å²) in [6.07, 6.45) is 0. The van der Waals surface area contributed by atoms with Crippen molar-refractivity contribution in [2.24, 2.45) is 0 Å². The Balaban J connectivity index is 2.46. The first-order chi connectivity index (χ1) is 9.08. The number of aromatic amines is 1. The third kappa shape index (κ3) is 1.99. The summed E-state index contributed by atoms with van der Waals surface area (Å²) in [4.78, 5) is 3.25. The fourth-order valence-electron chi connectivity index (χ4n) is 2.38. The van der Waals surface area contributed by atoms with Crippen LogP contribution in [0.3, 0.4) is 0 Å². The fraction of sp³-hybridized carbons (Fsp3) is 0.133. The zero-order valence-corrected chi connectivity index (χ0v) is 12.3. The average molecular weight is 289 g/mol. The number of benzene rings is 2. The van der Waals surface area contributed by atoms with Crippen LogP contribution in [0.4, 0.5) is 0 Å². The molecule has 0 amide bonds. The molecule has 0 saturated heterocycles. The summed E-state index contributed by atoms with van der Waals surface area (Å²) in [7, 11) is 0. The number of H-pyrrole nitrogens is 1. The first-order valence-corrected chi connectivity index (χ1v) is 6.83. The van der Waals surface area contributed by atoms with Crippen LogP contribution in [0, 0.1) is 18.6 Å². The lowest BCUT2D eigenvalue weighted by atomic mass is 10.1. The molecule has 2 aromatic carbocycles. The number of nitrogens with one attached hydrogen (secondary N) is 1. The van der Waals surface area contributed by atoms with E-state index in [9.17, 15) is 0 Å². The second-order valence-electron chi connectivity index (χ2n) is 4.67. The maximum atomic E-state index is 6.12. The third-order valence-electron chi connectivity index (χ3n) is 3.32. The molecule has 0 atom stereocenters. The Bertz CT molecular complexity index is 830. The van der Waals surface area contributed by atoms with Gasteiger partial charge in [0.2, 0.25) is 0 Å². The lowest BCUT2D eigenvalue weighted by molar-refractivity contribution is 1.04. The predicted molar refractivity (Wildman–Crippen MR) is 82.9 cm³/mol. The van der Waals surface area contributed by atoms with E-state index >= 15 is 0 Å². The van der Waals surface area contributed by atoms with Crippen molar-refractivity contribution in [2.75, 3.05) is 0 Å². The summed E-state index contributed by atoms with van der Waals surface area (Å²) < 4.78 is 2.75. The van der Waals surface area contributed by atoms with Gasteiger partial charge >= 0.3 is 0 Å². The van der Waals surface area contributed by atoms with Crippen LogP contribution in [0.15, 0.2) is 36.4 Å². The van der Waals surface area contributed by atoms with Crippen LogP contribution < -0.4 is 0 Å². The minimum atomic E-state index is 0.690. The summed E-state index contributed by atoms with van der Waals surface area (Å²) in [6, 6.07) is 12.0. The van der Waals surface area contributed by atoms with Crippen LogP contribution in [0.1, 0.15) is 11.1 Å². The molecule has 3 rings (SSSR count). The van der Waals surface area contributed by atoms with Gasteiger partial charge in [-0.15, -0.1) is 0 Å². The van der Waals surface area contributed by atoms with Gasteiger partial charge in [-0.1, -0.05) is 29.8 Å². The highest BCUT2D eigenvalue weighted by atomic mass is 35.5. The molecule has 96 valence electrons. The molecule has 0 radical (unpaired) electrons. The predicted octanol–water partition coefficient (Wildman–Crippen LogP) is 4.96. The number of para-hydroxylation sites is 1. The smallest absolute Gasteiger partial charge is 0.182 e. The number of nitrogens with zero attached hydrogens (tertiary/aromatic N) is 1. The number of aromatic nitrogens is 2. The summed E-state index contributed by atoms with van der Waals surface area (Å²) in [5, 5.41) is 0.713. The molecule has 0 spiro atoms. The zero-order chi connectivity index (χ0) is 13.6. The highest BCUT2D eigenvalue weighted by Crippen LogP contribution is 2.26. The van der Waals surface area contributed by atoms with Crippen LogP contribution in [0.2, 0.25) is 5.02 Å². The second-order valence-corrected chi connectivity index (χ2v) is 5.49. The number of fused-ring (bicyclic) bond motifs is 1. The van der Waals surface area contributed by atoms with Crippen molar-refractivity contribution < 1.29 is 0 Å². The van der Waals surface area contributed by atoms with E-state index in [1.54, 1.807) is 0 Å². The number of imidazole rings is 1. The molecule has 3 aromatic rings. The van der Waals surface area contributed by atoms with Crippen LogP contribution in [0.5, 0.6) is 0 Å². The van der Waals surface area contributed by atoms with E-state index in [-0.39, 0.29) is 0 Å². The number of halogens is 1. The van der Waals surface area contributed by atoms with Gasteiger partial charge in [0, 0.05) is 5.02 Å². The largest absolute Gasteiger partial charge is 0.330 e. The minimum Gasteiger partial charge on any atom is -0.330 e. The van der Waals surface area contributed by atoms with E-state index in [1.165, 1.54) is 5.56 Å². The molecular weight excluding hydrogens is 276 g/mol. The Morgan fingerprint density at radius 1 is 1.11 bits per heavy atom. The number of aryl methyl sites for hydroxylation is 2. The van der Waals surface area contributed by atoms with Crippen LogP contribution in [-0.4, -0.2) is 9.55 Å². The minimum absolute atomic E-state index is 0.690. The summed E-state index contributed by atoms with van der Waals surface area (Å²) >= 11 is 11.6. The van der Waals surface area contributed by atoms with Crippen LogP contribution in [0.25, 0.3) is 16.7 Å². The molecule has 0 fully saturated rings.